The number of nitrogens with zero attached hydrogens (tertiary/aromatic N) is 3. The van der Waals surface area contributed by atoms with Crippen LogP contribution >= 0.6 is 0 Å². The Kier molecular flexibility index (Phi) is 3.95. The van der Waals surface area contributed by atoms with Crippen molar-refractivity contribution in [1.29, 1.82) is 10.5 Å². The standard InChI is InChI=1S/C11H7FN4O2/c1-7-2-3-9(16(17)18)11(10(7)12)15-6-8(4-13)5-14/h2-3,6,15H,1H3. The molecule has 0 bridgehead atoms. The number of nitro benzene ring substituents is 1. The first-order chi connectivity index (χ1) is 8.51. The van der Waals surface area contributed by atoms with E-state index in [2.05, 4.69) is 5.32 Å². The van der Waals surface area contributed by atoms with Gasteiger partial charge in [0.15, 0.2) is 11.5 Å². The number of hydrogen-bond donors (Lipinski definition) is 1. The van der Waals surface area contributed by atoms with Crippen LogP contribution in [0.15, 0.2) is 23.9 Å². The molecule has 1 aromatic carbocycles. The summed E-state index contributed by atoms with van der Waals surface area (Å²) in [5.41, 5.74) is -0.940. The van der Waals surface area contributed by atoms with Gasteiger partial charge in [0.25, 0.3) is 5.69 Å². The Morgan fingerprint density at radius 2 is 2.11 bits per heavy atom. The summed E-state index contributed by atoms with van der Waals surface area (Å²) in [6.07, 6.45) is 0.921. The Hall–Kier alpha value is -2.93. The van der Waals surface area contributed by atoms with Gasteiger partial charge in [-0.2, -0.15) is 10.5 Å². The van der Waals surface area contributed by atoms with Gasteiger partial charge in [-0.15, -0.1) is 0 Å². The minimum absolute atomic E-state index is 0.215. The molecule has 0 fully saturated rings. The van der Waals surface area contributed by atoms with Crippen LogP contribution in [0.3, 0.4) is 0 Å². The van der Waals surface area contributed by atoms with Crippen molar-refractivity contribution in [2.24, 2.45) is 0 Å². The Morgan fingerprint density at radius 3 is 2.61 bits per heavy atom. The molecule has 0 amide bonds. The van der Waals surface area contributed by atoms with E-state index in [1.54, 1.807) is 12.1 Å². The number of anilines is 1. The van der Waals surface area contributed by atoms with Crippen LogP contribution in [-0.2, 0) is 0 Å². The molecule has 0 saturated carbocycles. The normalized spacial score (nSPS) is 8.89. The molecule has 0 spiro atoms. The molecule has 1 N–H and O–H groups in total. The van der Waals surface area contributed by atoms with Crippen molar-refractivity contribution in [3.63, 3.8) is 0 Å². The average Bonchev–Trinajstić information content (AvgIpc) is 2.35. The van der Waals surface area contributed by atoms with Crippen LogP contribution in [0.1, 0.15) is 5.56 Å². The lowest BCUT2D eigenvalue weighted by atomic mass is 10.1. The molecule has 0 aliphatic rings. The second-order valence-corrected chi connectivity index (χ2v) is 3.27. The third kappa shape index (κ3) is 2.60. The predicted molar refractivity (Wildman–Crippen MR) is 60.7 cm³/mol. The third-order valence-corrected chi connectivity index (χ3v) is 2.11. The SMILES string of the molecule is Cc1ccc([N+](=O)[O-])c(NC=C(C#N)C#N)c1F. The second kappa shape index (κ2) is 5.41. The molecule has 0 aliphatic carbocycles. The van der Waals surface area contributed by atoms with Crippen LogP contribution in [0.5, 0.6) is 0 Å². The Bertz CT molecular complexity index is 595. The Labute approximate surface area is 102 Å². The van der Waals surface area contributed by atoms with Gasteiger partial charge >= 0.3 is 0 Å². The van der Waals surface area contributed by atoms with Gasteiger partial charge in [-0.3, -0.25) is 10.1 Å². The molecule has 0 saturated heterocycles. The van der Waals surface area contributed by atoms with E-state index < -0.39 is 16.4 Å². The van der Waals surface area contributed by atoms with Crippen LogP contribution in [-0.4, -0.2) is 4.92 Å². The molecule has 0 aliphatic heterocycles. The maximum absolute atomic E-state index is 13.7. The van der Waals surface area contributed by atoms with Crippen molar-refractivity contribution < 1.29 is 9.31 Å². The van der Waals surface area contributed by atoms with E-state index in [4.69, 9.17) is 10.5 Å². The lowest BCUT2D eigenvalue weighted by molar-refractivity contribution is -0.384. The van der Waals surface area contributed by atoms with Crippen molar-refractivity contribution in [1.82, 2.24) is 0 Å². The summed E-state index contributed by atoms with van der Waals surface area (Å²) in [4.78, 5) is 9.96. The molecule has 0 atom stereocenters. The number of allylic oxidation sites excluding steroid dienone is 1. The molecule has 18 heavy (non-hydrogen) atoms. The van der Waals surface area contributed by atoms with Gasteiger partial charge in [-0.25, -0.2) is 4.39 Å². The van der Waals surface area contributed by atoms with Gasteiger partial charge in [0.05, 0.1) is 4.92 Å². The van der Waals surface area contributed by atoms with Gasteiger partial charge in [0, 0.05) is 12.3 Å². The van der Waals surface area contributed by atoms with Gasteiger partial charge in [0.2, 0.25) is 0 Å². The maximum Gasteiger partial charge on any atom is 0.295 e. The van der Waals surface area contributed by atoms with Crippen LogP contribution in [0.25, 0.3) is 0 Å². The van der Waals surface area contributed by atoms with E-state index in [1.165, 1.54) is 13.0 Å². The highest BCUT2D eigenvalue weighted by atomic mass is 19.1. The summed E-state index contributed by atoms with van der Waals surface area (Å²) in [5.74, 6) is -0.796. The number of nitrogens with one attached hydrogen (secondary N) is 1. The zero-order chi connectivity index (χ0) is 13.7. The minimum atomic E-state index is -0.796. The first-order valence-corrected chi connectivity index (χ1v) is 4.71. The number of rotatable bonds is 3. The maximum atomic E-state index is 13.7. The largest absolute Gasteiger partial charge is 0.352 e. The summed E-state index contributed by atoms with van der Waals surface area (Å²) in [6, 6.07) is 5.52. The van der Waals surface area contributed by atoms with E-state index in [9.17, 15) is 14.5 Å². The molecule has 1 aromatic rings. The van der Waals surface area contributed by atoms with Crippen LogP contribution < -0.4 is 5.32 Å². The molecule has 0 unspecified atom stereocenters. The molecule has 0 heterocycles. The first kappa shape index (κ1) is 13.1. The molecular formula is C11H7FN4O2. The second-order valence-electron chi connectivity index (χ2n) is 3.27. The number of nitriles is 2. The fraction of sp³-hybridized carbons (Fsp3) is 0.0909. The number of nitro groups is 1. The predicted octanol–water partition coefficient (Wildman–Crippen LogP) is 2.39. The molecule has 7 heteroatoms. The summed E-state index contributed by atoms with van der Waals surface area (Å²) < 4.78 is 13.7. The smallest absolute Gasteiger partial charge is 0.295 e. The van der Waals surface area contributed by atoms with E-state index in [-0.39, 0.29) is 16.8 Å². The Morgan fingerprint density at radius 1 is 1.50 bits per heavy atom. The average molecular weight is 246 g/mol. The summed E-state index contributed by atoms with van der Waals surface area (Å²) >= 11 is 0. The third-order valence-electron chi connectivity index (χ3n) is 2.11. The first-order valence-electron chi connectivity index (χ1n) is 4.71. The van der Waals surface area contributed by atoms with Gasteiger partial charge in [-0.1, -0.05) is 0 Å². The zero-order valence-corrected chi connectivity index (χ0v) is 9.27. The van der Waals surface area contributed by atoms with Crippen LogP contribution in [0.2, 0.25) is 0 Å². The van der Waals surface area contributed by atoms with E-state index in [0.717, 1.165) is 12.3 Å². The van der Waals surface area contributed by atoms with E-state index in [1.807, 2.05) is 0 Å². The van der Waals surface area contributed by atoms with E-state index in [0.29, 0.717) is 0 Å². The van der Waals surface area contributed by atoms with Gasteiger partial charge < -0.3 is 5.32 Å². The topological polar surface area (TPSA) is 103 Å². The molecule has 90 valence electrons. The van der Waals surface area contributed by atoms with Crippen LogP contribution in [0.4, 0.5) is 15.8 Å². The highest BCUT2D eigenvalue weighted by Crippen LogP contribution is 2.29. The number of benzene rings is 1. The lowest BCUT2D eigenvalue weighted by Crippen LogP contribution is -2.01. The van der Waals surface area contributed by atoms with Crippen molar-refractivity contribution in [3.8, 4) is 12.1 Å². The van der Waals surface area contributed by atoms with Crippen molar-refractivity contribution in [2.75, 3.05) is 5.32 Å². The quantitative estimate of drug-likeness (QED) is 0.501. The molecular weight excluding hydrogens is 239 g/mol. The molecule has 1 rings (SSSR count). The lowest BCUT2D eigenvalue weighted by Gasteiger charge is -2.06. The number of aryl methyl sites for hydroxylation is 1. The van der Waals surface area contributed by atoms with Crippen LogP contribution in [0, 0.1) is 45.5 Å². The highest BCUT2D eigenvalue weighted by molar-refractivity contribution is 5.65. The summed E-state index contributed by atoms with van der Waals surface area (Å²) in [5, 5.41) is 30.0. The van der Waals surface area contributed by atoms with Crippen molar-refractivity contribution in [3.05, 3.63) is 45.4 Å². The highest BCUT2D eigenvalue weighted by Gasteiger charge is 2.19. The van der Waals surface area contributed by atoms with E-state index >= 15 is 0 Å². The summed E-state index contributed by atoms with van der Waals surface area (Å²) in [7, 11) is 0. The molecule has 0 aromatic heterocycles. The van der Waals surface area contributed by atoms with Gasteiger partial charge in [0.1, 0.15) is 17.7 Å². The molecule has 6 nitrogen and oxygen atoms in total. The number of hydrogen-bond acceptors (Lipinski definition) is 5. The Balaban J connectivity index is 3.28. The number of halogens is 1. The minimum Gasteiger partial charge on any atom is -0.352 e. The fourth-order valence-electron chi connectivity index (χ4n) is 1.19. The van der Waals surface area contributed by atoms with Gasteiger partial charge in [-0.05, 0) is 18.6 Å². The zero-order valence-electron chi connectivity index (χ0n) is 9.27. The fourth-order valence-corrected chi connectivity index (χ4v) is 1.19. The summed E-state index contributed by atoms with van der Waals surface area (Å²) in [6.45, 7) is 1.45. The molecule has 0 radical (unpaired) electrons. The van der Waals surface area contributed by atoms with Crippen molar-refractivity contribution in [2.45, 2.75) is 6.92 Å². The van der Waals surface area contributed by atoms with Crippen molar-refractivity contribution >= 4 is 11.4 Å². The monoisotopic (exact) mass is 246 g/mol.